The van der Waals surface area contributed by atoms with Crippen LogP contribution >= 0.6 is 23.2 Å². The first kappa shape index (κ1) is 18.0. The first-order chi connectivity index (χ1) is 12.1. The number of urea groups is 1. The SMILES string of the molecule is O=C(Nc1ccc(CN2CCOCC2)cc1)Nc1cc(Cl)ccc1Cl. The van der Waals surface area contributed by atoms with Gasteiger partial charge in [0.15, 0.2) is 0 Å². The standard InChI is InChI=1S/C18H19Cl2N3O2/c19-14-3-6-16(20)17(11-14)22-18(24)21-15-4-1-13(2-5-15)12-23-7-9-25-10-8-23/h1-6,11H,7-10,12H2,(H2,21,22,24). The first-order valence-electron chi connectivity index (χ1n) is 8.02. The van der Waals surface area contributed by atoms with E-state index in [0.29, 0.717) is 21.4 Å². The molecule has 0 bridgehead atoms. The molecule has 3 rings (SSSR count). The molecule has 132 valence electrons. The molecule has 2 aromatic carbocycles. The number of nitrogens with one attached hydrogen (secondary N) is 2. The highest BCUT2D eigenvalue weighted by atomic mass is 35.5. The molecule has 2 N–H and O–H groups in total. The van der Waals surface area contributed by atoms with E-state index in [0.717, 1.165) is 32.8 Å². The Bertz CT molecular complexity index is 732. The van der Waals surface area contributed by atoms with Gasteiger partial charge in [0.05, 0.1) is 23.9 Å². The number of rotatable bonds is 4. The van der Waals surface area contributed by atoms with Crippen LogP contribution in [-0.4, -0.2) is 37.2 Å². The zero-order valence-corrected chi connectivity index (χ0v) is 15.1. The molecule has 0 aromatic heterocycles. The van der Waals surface area contributed by atoms with Gasteiger partial charge < -0.3 is 15.4 Å². The number of carbonyl (C=O) groups is 1. The van der Waals surface area contributed by atoms with Crippen molar-refractivity contribution in [1.29, 1.82) is 0 Å². The Labute approximate surface area is 156 Å². The highest BCUT2D eigenvalue weighted by molar-refractivity contribution is 6.35. The molecule has 1 aliphatic rings. The van der Waals surface area contributed by atoms with Crippen LogP contribution < -0.4 is 10.6 Å². The van der Waals surface area contributed by atoms with E-state index in [-0.39, 0.29) is 6.03 Å². The minimum atomic E-state index is -0.370. The minimum absolute atomic E-state index is 0.370. The van der Waals surface area contributed by atoms with Crippen molar-refractivity contribution >= 4 is 40.6 Å². The maximum Gasteiger partial charge on any atom is 0.323 e. The molecule has 0 spiro atoms. The van der Waals surface area contributed by atoms with Gasteiger partial charge in [0.2, 0.25) is 0 Å². The van der Waals surface area contributed by atoms with Gasteiger partial charge >= 0.3 is 6.03 Å². The van der Waals surface area contributed by atoms with Crippen molar-refractivity contribution in [3.8, 4) is 0 Å². The summed E-state index contributed by atoms with van der Waals surface area (Å²) in [6, 6.07) is 12.3. The second kappa shape index (κ2) is 8.54. The molecule has 0 atom stereocenters. The average Bonchev–Trinajstić information content (AvgIpc) is 2.61. The van der Waals surface area contributed by atoms with E-state index >= 15 is 0 Å². The van der Waals surface area contributed by atoms with Gasteiger partial charge in [-0.3, -0.25) is 4.90 Å². The number of benzene rings is 2. The molecule has 2 aromatic rings. The minimum Gasteiger partial charge on any atom is -0.379 e. The van der Waals surface area contributed by atoms with Gasteiger partial charge in [-0.25, -0.2) is 4.79 Å². The van der Waals surface area contributed by atoms with E-state index in [1.807, 2.05) is 24.3 Å². The zero-order chi connectivity index (χ0) is 17.6. The summed E-state index contributed by atoms with van der Waals surface area (Å²) < 4.78 is 5.35. The summed E-state index contributed by atoms with van der Waals surface area (Å²) in [7, 11) is 0. The molecule has 1 fully saturated rings. The summed E-state index contributed by atoms with van der Waals surface area (Å²) in [6.07, 6.45) is 0. The Morgan fingerprint density at radius 3 is 2.48 bits per heavy atom. The molecule has 25 heavy (non-hydrogen) atoms. The molecule has 2 amide bonds. The molecular formula is C18H19Cl2N3O2. The molecule has 1 heterocycles. The van der Waals surface area contributed by atoms with Crippen LogP contribution in [0.5, 0.6) is 0 Å². The lowest BCUT2D eigenvalue weighted by Crippen LogP contribution is -2.35. The third-order valence-electron chi connectivity index (χ3n) is 3.90. The van der Waals surface area contributed by atoms with E-state index < -0.39 is 0 Å². The van der Waals surface area contributed by atoms with E-state index in [4.69, 9.17) is 27.9 Å². The van der Waals surface area contributed by atoms with Crippen LogP contribution in [0.1, 0.15) is 5.56 Å². The lowest BCUT2D eigenvalue weighted by Gasteiger charge is -2.26. The number of morpholine rings is 1. The van der Waals surface area contributed by atoms with Crippen LogP contribution in [-0.2, 0) is 11.3 Å². The van der Waals surface area contributed by atoms with E-state index in [1.165, 1.54) is 5.56 Å². The molecule has 1 saturated heterocycles. The predicted molar refractivity (Wildman–Crippen MR) is 102 cm³/mol. The average molecular weight is 380 g/mol. The number of amides is 2. The van der Waals surface area contributed by atoms with E-state index in [1.54, 1.807) is 18.2 Å². The van der Waals surface area contributed by atoms with Crippen LogP contribution in [0, 0.1) is 0 Å². The Morgan fingerprint density at radius 2 is 1.76 bits per heavy atom. The summed E-state index contributed by atoms with van der Waals surface area (Å²) >= 11 is 12.0. The van der Waals surface area contributed by atoms with Gasteiger partial charge in [-0.15, -0.1) is 0 Å². The Hall–Kier alpha value is -1.79. The topological polar surface area (TPSA) is 53.6 Å². The van der Waals surface area contributed by atoms with Gasteiger partial charge in [-0.1, -0.05) is 35.3 Å². The van der Waals surface area contributed by atoms with Gasteiger partial charge in [-0.05, 0) is 35.9 Å². The number of hydrogen-bond acceptors (Lipinski definition) is 3. The molecular weight excluding hydrogens is 361 g/mol. The quantitative estimate of drug-likeness (QED) is 0.823. The number of hydrogen-bond donors (Lipinski definition) is 2. The lowest BCUT2D eigenvalue weighted by molar-refractivity contribution is 0.0342. The van der Waals surface area contributed by atoms with Gasteiger partial charge in [-0.2, -0.15) is 0 Å². The normalized spacial score (nSPS) is 15.0. The number of ether oxygens (including phenoxy) is 1. The van der Waals surface area contributed by atoms with Crippen molar-refractivity contribution in [2.75, 3.05) is 36.9 Å². The van der Waals surface area contributed by atoms with Crippen LogP contribution in [0.25, 0.3) is 0 Å². The second-order valence-electron chi connectivity index (χ2n) is 5.79. The van der Waals surface area contributed by atoms with E-state index in [9.17, 15) is 4.79 Å². The predicted octanol–water partition coefficient (Wildman–Crippen LogP) is 4.47. The third kappa shape index (κ3) is 5.34. The molecule has 0 unspecified atom stereocenters. The monoisotopic (exact) mass is 379 g/mol. The van der Waals surface area contributed by atoms with E-state index in [2.05, 4.69) is 15.5 Å². The molecule has 0 radical (unpaired) electrons. The maximum atomic E-state index is 12.1. The fourth-order valence-corrected chi connectivity index (χ4v) is 2.93. The molecule has 5 nitrogen and oxygen atoms in total. The van der Waals surface area contributed by atoms with Crippen molar-refractivity contribution in [1.82, 2.24) is 4.90 Å². The zero-order valence-electron chi connectivity index (χ0n) is 13.6. The third-order valence-corrected chi connectivity index (χ3v) is 4.46. The first-order valence-corrected chi connectivity index (χ1v) is 8.78. The number of halogens is 2. The van der Waals surface area contributed by atoms with Crippen molar-refractivity contribution in [3.05, 3.63) is 58.1 Å². The second-order valence-corrected chi connectivity index (χ2v) is 6.63. The number of nitrogens with zero attached hydrogens (tertiary/aromatic N) is 1. The van der Waals surface area contributed by atoms with Crippen LogP contribution in [0.2, 0.25) is 10.0 Å². The Kier molecular flexibility index (Phi) is 6.15. The van der Waals surface area contributed by atoms with Crippen LogP contribution in [0.4, 0.5) is 16.2 Å². The largest absolute Gasteiger partial charge is 0.379 e. The number of anilines is 2. The van der Waals surface area contributed by atoms with Gasteiger partial charge in [0.25, 0.3) is 0 Å². The maximum absolute atomic E-state index is 12.1. The van der Waals surface area contributed by atoms with Crippen molar-refractivity contribution in [3.63, 3.8) is 0 Å². The fourth-order valence-electron chi connectivity index (χ4n) is 2.59. The van der Waals surface area contributed by atoms with Gasteiger partial charge in [0.1, 0.15) is 0 Å². The van der Waals surface area contributed by atoms with Gasteiger partial charge in [0, 0.05) is 30.3 Å². The molecule has 1 aliphatic heterocycles. The smallest absolute Gasteiger partial charge is 0.323 e. The van der Waals surface area contributed by atoms with Crippen molar-refractivity contribution < 1.29 is 9.53 Å². The molecule has 0 aliphatic carbocycles. The summed E-state index contributed by atoms with van der Waals surface area (Å²) in [5.74, 6) is 0. The summed E-state index contributed by atoms with van der Waals surface area (Å²) in [4.78, 5) is 14.4. The lowest BCUT2D eigenvalue weighted by atomic mass is 10.2. The summed E-state index contributed by atoms with van der Waals surface area (Å²) in [5, 5.41) is 6.41. The summed E-state index contributed by atoms with van der Waals surface area (Å²) in [5.41, 5.74) is 2.38. The van der Waals surface area contributed by atoms with Crippen molar-refractivity contribution in [2.45, 2.75) is 6.54 Å². The molecule has 0 saturated carbocycles. The highest BCUT2D eigenvalue weighted by Gasteiger charge is 2.11. The summed E-state index contributed by atoms with van der Waals surface area (Å²) in [6.45, 7) is 4.34. The fraction of sp³-hybridized carbons (Fsp3) is 0.278. The van der Waals surface area contributed by atoms with Crippen LogP contribution in [0.15, 0.2) is 42.5 Å². The Balaban J connectivity index is 1.55. The number of carbonyl (C=O) groups excluding carboxylic acids is 1. The van der Waals surface area contributed by atoms with Crippen molar-refractivity contribution in [2.24, 2.45) is 0 Å². The highest BCUT2D eigenvalue weighted by Crippen LogP contribution is 2.25. The van der Waals surface area contributed by atoms with Crippen LogP contribution in [0.3, 0.4) is 0 Å². The molecule has 7 heteroatoms. The Morgan fingerprint density at radius 1 is 1.04 bits per heavy atom.